The van der Waals surface area contributed by atoms with Crippen molar-refractivity contribution >= 4 is 11.5 Å². The summed E-state index contributed by atoms with van der Waals surface area (Å²) in [6.45, 7) is 20.6. The summed E-state index contributed by atoms with van der Waals surface area (Å²) >= 11 is 0. The SMILES string of the molecule is C=C(CC[C@@H](C)c1ccccn1)Cc1ccc(C)c(C(=NC)c2ccc(OC[CH2-])c(C(=O)CCC[CH2-])c2)c1.CC.[V+2]. The molecule has 217 valence electrons. The Balaban J connectivity index is 0.00000274. The fourth-order valence-corrected chi connectivity index (χ4v) is 4.60. The van der Waals surface area contributed by atoms with Crippen LogP contribution in [0, 0.1) is 20.8 Å². The van der Waals surface area contributed by atoms with Gasteiger partial charge >= 0.3 is 18.6 Å². The van der Waals surface area contributed by atoms with Crippen LogP contribution in [-0.4, -0.2) is 30.1 Å². The van der Waals surface area contributed by atoms with Gasteiger partial charge in [-0.3, -0.25) is 14.8 Å². The van der Waals surface area contributed by atoms with E-state index < -0.39 is 0 Å². The maximum Gasteiger partial charge on any atom is 2.00 e. The van der Waals surface area contributed by atoms with E-state index in [-0.39, 0.29) is 30.9 Å². The molecule has 3 aromatic rings. The number of benzene rings is 2. The molecule has 0 saturated heterocycles. The van der Waals surface area contributed by atoms with E-state index in [0.29, 0.717) is 23.7 Å². The van der Waals surface area contributed by atoms with Crippen LogP contribution in [0.2, 0.25) is 0 Å². The molecule has 0 fully saturated rings. The average molecular weight is 590 g/mol. The molecule has 5 heteroatoms. The van der Waals surface area contributed by atoms with Crippen molar-refractivity contribution < 1.29 is 28.1 Å². The predicted octanol–water partition coefficient (Wildman–Crippen LogP) is 8.96. The molecule has 0 saturated carbocycles. The number of ketones is 1. The van der Waals surface area contributed by atoms with E-state index in [2.05, 4.69) is 68.5 Å². The molecule has 0 spiro atoms. The Bertz CT molecular complexity index is 1270. The number of pyridine rings is 1. The Morgan fingerprint density at radius 1 is 1.05 bits per heavy atom. The van der Waals surface area contributed by atoms with Crippen molar-refractivity contribution in [3.63, 3.8) is 0 Å². The first-order valence-corrected chi connectivity index (χ1v) is 14.4. The van der Waals surface area contributed by atoms with E-state index in [0.717, 1.165) is 60.2 Å². The first kappa shape index (κ1) is 36.1. The van der Waals surface area contributed by atoms with E-state index in [1.807, 2.05) is 50.4 Å². The van der Waals surface area contributed by atoms with Crippen LogP contribution in [0.4, 0.5) is 0 Å². The zero-order chi connectivity index (χ0) is 29.5. The molecule has 0 unspecified atom stereocenters. The minimum absolute atomic E-state index is 0. The van der Waals surface area contributed by atoms with Gasteiger partial charge in [0.1, 0.15) is 5.75 Å². The summed E-state index contributed by atoms with van der Waals surface area (Å²) in [5.74, 6) is 1.01. The molecule has 0 aliphatic carbocycles. The Labute approximate surface area is 260 Å². The van der Waals surface area contributed by atoms with Crippen LogP contribution in [0.1, 0.15) is 97.1 Å². The number of Topliss-reactive ketones (excluding diaryl/α,β-unsaturated/α-hetero) is 1. The number of carbonyl (C=O) groups excluding carboxylic acids is 1. The maximum atomic E-state index is 13.0. The number of carbonyl (C=O) groups is 1. The fourth-order valence-electron chi connectivity index (χ4n) is 4.60. The summed E-state index contributed by atoms with van der Waals surface area (Å²) in [5, 5.41) is 0. The van der Waals surface area contributed by atoms with Gasteiger partial charge in [-0.25, -0.2) is 0 Å². The van der Waals surface area contributed by atoms with Gasteiger partial charge in [0.15, 0.2) is 5.78 Å². The van der Waals surface area contributed by atoms with Crippen LogP contribution >= 0.6 is 0 Å². The number of aryl methyl sites for hydroxylation is 1. The van der Waals surface area contributed by atoms with Gasteiger partial charge in [-0.2, -0.15) is 6.42 Å². The molecular formula is C36H46N2O2V. The van der Waals surface area contributed by atoms with Gasteiger partial charge in [0.2, 0.25) is 0 Å². The monoisotopic (exact) mass is 589 g/mol. The van der Waals surface area contributed by atoms with Crippen molar-refractivity contribution in [1.82, 2.24) is 4.98 Å². The van der Waals surface area contributed by atoms with E-state index >= 15 is 0 Å². The number of ether oxygens (including phenoxy) is 1. The van der Waals surface area contributed by atoms with Gasteiger partial charge in [0.05, 0.1) is 11.3 Å². The molecule has 3 rings (SSSR count). The fraction of sp³-hybridized carbons (Fsp3) is 0.361. The molecule has 0 amide bonds. The Kier molecular flexibility index (Phi) is 16.9. The summed E-state index contributed by atoms with van der Waals surface area (Å²) in [4.78, 5) is 22.1. The summed E-state index contributed by atoms with van der Waals surface area (Å²) in [6, 6.07) is 18.3. The van der Waals surface area contributed by atoms with E-state index in [9.17, 15) is 4.79 Å². The van der Waals surface area contributed by atoms with Crippen molar-refractivity contribution in [2.45, 2.75) is 72.1 Å². The zero-order valence-corrected chi connectivity index (χ0v) is 27.0. The summed E-state index contributed by atoms with van der Waals surface area (Å²) in [7, 11) is 1.80. The third-order valence-corrected chi connectivity index (χ3v) is 6.82. The molecule has 2 aromatic carbocycles. The van der Waals surface area contributed by atoms with Gasteiger partial charge in [0, 0.05) is 36.5 Å². The number of allylic oxidation sites excluding steroid dienone is 1. The van der Waals surface area contributed by atoms with Gasteiger partial charge in [-0.1, -0.05) is 57.5 Å². The smallest absolute Gasteiger partial charge is 0.525 e. The van der Waals surface area contributed by atoms with Crippen LogP contribution in [0.15, 0.2) is 77.9 Å². The molecule has 1 atom stereocenters. The second-order valence-electron chi connectivity index (χ2n) is 9.78. The zero-order valence-electron chi connectivity index (χ0n) is 25.6. The Hall–Kier alpha value is -2.95. The molecule has 0 aliphatic heterocycles. The first-order valence-electron chi connectivity index (χ1n) is 14.4. The topological polar surface area (TPSA) is 51.6 Å². The quantitative estimate of drug-likeness (QED) is 0.0816. The van der Waals surface area contributed by atoms with Crippen LogP contribution in [0.25, 0.3) is 0 Å². The van der Waals surface area contributed by atoms with E-state index in [1.54, 1.807) is 7.05 Å². The van der Waals surface area contributed by atoms with Gasteiger partial charge in [0.25, 0.3) is 0 Å². The van der Waals surface area contributed by atoms with Crippen LogP contribution in [-0.2, 0) is 25.0 Å². The van der Waals surface area contributed by atoms with Crippen molar-refractivity contribution in [3.8, 4) is 5.75 Å². The average Bonchev–Trinajstić information content (AvgIpc) is 2.98. The predicted molar refractivity (Wildman–Crippen MR) is 170 cm³/mol. The summed E-state index contributed by atoms with van der Waals surface area (Å²) in [5.41, 5.74) is 8.03. The van der Waals surface area contributed by atoms with E-state index in [1.165, 1.54) is 11.1 Å². The van der Waals surface area contributed by atoms with Crippen molar-refractivity contribution in [3.05, 3.63) is 120 Å². The third-order valence-electron chi connectivity index (χ3n) is 6.82. The van der Waals surface area contributed by atoms with Crippen molar-refractivity contribution in [1.29, 1.82) is 0 Å². The number of unbranched alkanes of at least 4 members (excludes halogenated alkanes) is 1. The number of hydrogen-bond donors (Lipinski definition) is 0. The molecule has 1 heterocycles. The van der Waals surface area contributed by atoms with Gasteiger partial charge in [-0.15, -0.1) is 0 Å². The molecule has 4 nitrogen and oxygen atoms in total. The maximum absolute atomic E-state index is 13.0. The molecule has 0 N–H and O–H groups in total. The Morgan fingerprint density at radius 3 is 2.44 bits per heavy atom. The molecule has 1 aromatic heterocycles. The molecule has 1 radical (unpaired) electrons. The largest absolute Gasteiger partial charge is 2.00 e. The molecule has 0 bridgehead atoms. The van der Waals surface area contributed by atoms with Crippen LogP contribution < -0.4 is 4.74 Å². The number of rotatable bonds is 14. The normalized spacial score (nSPS) is 11.5. The number of aliphatic imine (C=N–C) groups is 1. The molecule has 41 heavy (non-hydrogen) atoms. The van der Waals surface area contributed by atoms with Crippen molar-refractivity contribution in [2.24, 2.45) is 4.99 Å². The van der Waals surface area contributed by atoms with Gasteiger partial charge in [-0.05, 0) is 86.2 Å². The van der Waals surface area contributed by atoms with E-state index in [4.69, 9.17) is 4.74 Å². The number of aromatic nitrogens is 1. The van der Waals surface area contributed by atoms with Crippen molar-refractivity contribution in [2.75, 3.05) is 13.7 Å². The second kappa shape index (κ2) is 19.2. The number of nitrogens with zero attached hydrogens (tertiary/aromatic N) is 2. The molecular weight excluding hydrogens is 543 g/mol. The standard InChI is InChI=1S/C34H40N2O2.C2H6.V/c1-7-9-13-32(37)30-23-28(18-19-33(30)38-8-2)34(35-6)29-22-27(17-16-25(29)4)21-24(3)14-15-26(5)31-12-10-11-20-36-31;1-2;/h10-12,16-20,22-23,26H,1-3,7-9,13-15,21H2,4-6H3;1-2H3;/q-2;;+2/t26-;;/m1../s1. The Morgan fingerprint density at radius 2 is 1.80 bits per heavy atom. The summed E-state index contributed by atoms with van der Waals surface area (Å²) in [6.07, 6.45) is 6.53. The van der Waals surface area contributed by atoms with Crippen LogP contribution in [0.5, 0.6) is 5.75 Å². The summed E-state index contributed by atoms with van der Waals surface area (Å²) < 4.78 is 5.67. The minimum atomic E-state index is 0. The number of hydrogen-bond acceptors (Lipinski definition) is 4. The molecule has 0 aliphatic rings. The second-order valence-corrected chi connectivity index (χ2v) is 9.78. The third kappa shape index (κ3) is 10.8. The van der Waals surface area contributed by atoms with Crippen LogP contribution in [0.3, 0.4) is 0 Å². The first-order chi connectivity index (χ1) is 19.4. The van der Waals surface area contributed by atoms with Gasteiger partial charge < -0.3 is 18.6 Å². The minimum Gasteiger partial charge on any atom is -0.525 e.